The van der Waals surface area contributed by atoms with Crippen molar-refractivity contribution in [2.45, 2.75) is 6.54 Å². The second kappa shape index (κ2) is 8.16. The van der Waals surface area contributed by atoms with Gasteiger partial charge in [-0.15, -0.1) is 10.1 Å². The van der Waals surface area contributed by atoms with Gasteiger partial charge < -0.3 is 4.57 Å². The van der Waals surface area contributed by atoms with Gasteiger partial charge in [-0.1, -0.05) is 51.8 Å². The largest absolute Gasteiger partial charge is 0.333 e. The van der Waals surface area contributed by atoms with Crippen molar-refractivity contribution in [3.8, 4) is 0 Å². The lowest BCUT2D eigenvalue weighted by Gasteiger charge is -2.15. The predicted octanol–water partition coefficient (Wildman–Crippen LogP) is 5.08. The third kappa shape index (κ3) is 4.50. The first-order valence-corrected chi connectivity index (χ1v) is 8.73. The van der Waals surface area contributed by atoms with E-state index in [2.05, 4.69) is 20.9 Å². The molecule has 3 rings (SSSR count). The summed E-state index contributed by atoms with van der Waals surface area (Å²) in [6, 6.07) is 14.2. The lowest BCUT2D eigenvalue weighted by molar-refractivity contribution is -0.730. The lowest BCUT2D eigenvalue weighted by atomic mass is 10.0. The van der Waals surface area contributed by atoms with E-state index in [0.717, 1.165) is 10.0 Å². The zero-order valence-electron chi connectivity index (χ0n) is 13.4. The highest BCUT2D eigenvalue weighted by Crippen LogP contribution is 2.30. The van der Waals surface area contributed by atoms with Crippen LogP contribution in [0, 0.1) is 10.1 Å². The molecule has 3 aromatic rings. The van der Waals surface area contributed by atoms with Crippen molar-refractivity contribution in [1.29, 1.82) is 0 Å². The molecule has 0 radical (unpaired) electrons. The molecular weight excluding hydrogens is 422 g/mol. The van der Waals surface area contributed by atoms with E-state index >= 15 is 0 Å². The van der Waals surface area contributed by atoms with Crippen molar-refractivity contribution in [1.82, 2.24) is 9.55 Å². The molecule has 132 valence electrons. The predicted molar refractivity (Wildman–Crippen MR) is 103 cm³/mol. The molecule has 0 saturated carbocycles. The van der Waals surface area contributed by atoms with Gasteiger partial charge in [-0.2, -0.15) is 0 Å². The minimum Gasteiger partial charge on any atom is -0.333 e. The Bertz CT molecular complexity index is 923. The average Bonchev–Trinajstić information content (AvgIpc) is 3.13. The molecular formula is C18H13BrClN3O3. The van der Waals surface area contributed by atoms with E-state index in [9.17, 15) is 10.1 Å². The molecule has 0 aliphatic carbocycles. The number of rotatable bonds is 6. The Morgan fingerprint density at radius 3 is 2.38 bits per heavy atom. The van der Waals surface area contributed by atoms with Crippen LogP contribution >= 0.6 is 27.5 Å². The van der Waals surface area contributed by atoms with E-state index < -0.39 is 5.09 Å². The van der Waals surface area contributed by atoms with E-state index in [1.165, 1.54) is 0 Å². The molecule has 0 bridgehead atoms. The van der Waals surface area contributed by atoms with E-state index in [-0.39, 0.29) is 5.76 Å². The molecule has 0 saturated heterocycles. The highest BCUT2D eigenvalue weighted by molar-refractivity contribution is 9.10. The molecule has 6 nitrogen and oxygen atoms in total. The molecule has 0 atom stereocenters. The zero-order chi connectivity index (χ0) is 18.5. The fourth-order valence-corrected chi connectivity index (χ4v) is 2.86. The zero-order valence-corrected chi connectivity index (χ0v) is 15.7. The van der Waals surface area contributed by atoms with Crippen LogP contribution in [0.4, 0.5) is 0 Å². The standard InChI is InChI=1S/C18H13BrClN3O3/c19-15-5-1-14(2-6-15)18(26-23(24)25)17(11-22-10-9-21-12-22)13-3-7-16(20)8-4-13/h1-10,12H,11H2/b18-17-. The average molecular weight is 435 g/mol. The first-order chi connectivity index (χ1) is 12.5. The maximum atomic E-state index is 11.1. The van der Waals surface area contributed by atoms with Crippen molar-refractivity contribution in [3.05, 3.63) is 98.0 Å². The fraction of sp³-hybridized carbons (Fsp3) is 0.0556. The quantitative estimate of drug-likeness (QED) is 0.235. The number of imidazole rings is 1. The fourth-order valence-electron chi connectivity index (χ4n) is 2.47. The number of aromatic nitrogens is 2. The molecule has 26 heavy (non-hydrogen) atoms. The summed E-state index contributed by atoms with van der Waals surface area (Å²) >= 11 is 9.35. The summed E-state index contributed by atoms with van der Waals surface area (Å²) < 4.78 is 2.68. The maximum absolute atomic E-state index is 11.1. The van der Waals surface area contributed by atoms with E-state index in [1.54, 1.807) is 67.3 Å². The lowest BCUT2D eigenvalue weighted by Crippen LogP contribution is -2.07. The molecule has 1 aromatic heterocycles. The van der Waals surface area contributed by atoms with Crippen molar-refractivity contribution >= 4 is 38.9 Å². The number of hydrogen-bond donors (Lipinski definition) is 0. The minimum atomic E-state index is -0.804. The van der Waals surface area contributed by atoms with Gasteiger partial charge in [-0.05, 0) is 29.8 Å². The van der Waals surface area contributed by atoms with Crippen LogP contribution in [-0.4, -0.2) is 14.6 Å². The highest BCUT2D eigenvalue weighted by atomic mass is 79.9. The summed E-state index contributed by atoms with van der Waals surface area (Å²) in [6.07, 6.45) is 5.07. The summed E-state index contributed by atoms with van der Waals surface area (Å²) in [5.41, 5.74) is 2.00. The Kier molecular flexibility index (Phi) is 5.70. The van der Waals surface area contributed by atoms with Crippen LogP contribution in [0.1, 0.15) is 11.1 Å². The van der Waals surface area contributed by atoms with Gasteiger partial charge in [-0.3, -0.25) is 4.84 Å². The molecule has 0 amide bonds. The van der Waals surface area contributed by atoms with Gasteiger partial charge in [0.1, 0.15) is 5.76 Å². The smallest absolute Gasteiger partial charge is 0.299 e. The molecule has 0 spiro atoms. The van der Waals surface area contributed by atoms with Gasteiger partial charge >= 0.3 is 0 Å². The van der Waals surface area contributed by atoms with Crippen molar-refractivity contribution in [3.63, 3.8) is 0 Å². The number of allylic oxidation sites excluding steroid dienone is 1. The van der Waals surface area contributed by atoms with Crippen LogP contribution in [0.2, 0.25) is 5.02 Å². The van der Waals surface area contributed by atoms with Gasteiger partial charge in [0.25, 0.3) is 5.09 Å². The normalized spacial score (nSPS) is 11.8. The molecule has 0 N–H and O–H groups in total. The number of hydrogen-bond acceptors (Lipinski definition) is 4. The molecule has 0 unspecified atom stereocenters. The Hall–Kier alpha value is -2.64. The van der Waals surface area contributed by atoms with E-state index in [4.69, 9.17) is 16.4 Å². The van der Waals surface area contributed by atoms with Gasteiger partial charge in [0.05, 0.1) is 12.9 Å². The van der Waals surface area contributed by atoms with E-state index in [0.29, 0.717) is 22.7 Å². The Balaban J connectivity index is 2.18. The topological polar surface area (TPSA) is 70.2 Å². The van der Waals surface area contributed by atoms with Crippen molar-refractivity contribution < 1.29 is 9.92 Å². The van der Waals surface area contributed by atoms with Crippen LogP contribution < -0.4 is 0 Å². The Morgan fingerprint density at radius 2 is 1.81 bits per heavy atom. The van der Waals surface area contributed by atoms with Crippen LogP contribution in [-0.2, 0) is 11.4 Å². The number of benzene rings is 2. The summed E-state index contributed by atoms with van der Waals surface area (Å²) in [6.45, 7) is 0.348. The summed E-state index contributed by atoms with van der Waals surface area (Å²) in [5.74, 6) is 0.165. The van der Waals surface area contributed by atoms with Crippen molar-refractivity contribution in [2.24, 2.45) is 0 Å². The maximum Gasteiger partial charge on any atom is 0.299 e. The molecule has 1 heterocycles. The van der Waals surface area contributed by atoms with Gasteiger partial charge in [-0.25, -0.2) is 4.98 Å². The number of nitrogens with zero attached hydrogens (tertiary/aromatic N) is 3. The number of halogens is 2. The summed E-state index contributed by atoms with van der Waals surface area (Å²) in [4.78, 5) is 20.2. The Labute approximate surface area is 162 Å². The van der Waals surface area contributed by atoms with Gasteiger partial charge in [0, 0.05) is 33.0 Å². The molecule has 2 aromatic carbocycles. The monoisotopic (exact) mass is 433 g/mol. The molecule has 0 aliphatic heterocycles. The minimum absolute atomic E-state index is 0.165. The van der Waals surface area contributed by atoms with Crippen LogP contribution in [0.15, 0.2) is 71.7 Å². The molecule has 0 fully saturated rings. The second-order valence-electron chi connectivity index (χ2n) is 5.37. The van der Waals surface area contributed by atoms with E-state index in [1.807, 2.05) is 4.57 Å². The third-order valence-electron chi connectivity index (χ3n) is 3.64. The van der Waals surface area contributed by atoms with Crippen LogP contribution in [0.25, 0.3) is 11.3 Å². The van der Waals surface area contributed by atoms with Crippen LogP contribution in [0.5, 0.6) is 0 Å². The second-order valence-corrected chi connectivity index (χ2v) is 6.72. The van der Waals surface area contributed by atoms with Crippen LogP contribution in [0.3, 0.4) is 0 Å². The third-order valence-corrected chi connectivity index (χ3v) is 4.42. The van der Waals surface area contributed by atoms with Gasteiger partial charge in [0.2, 0.25) is 0 Å². The molecule has 8 heteroatoms. The SMILES string of the molecule is O=[N+]([O-])O/C(=C(/Cn1ccnc1)c1ccc(Cl)cc1)c1ccc(Br)cc1. The Morgan fingerprint density at radius 1 is 1.15 bits per heavy atom. The summed E-state index contributed by atoms with van der Waals surface area (Å²) in [7, 11) is 0. The van der Waals surface area contributed by atoms with Crippen molar-refractivity contribution in [2.75, 3.05) is 0 Å². The van der Waals surface area contributed by atoms with Gasteiger partial charge in [0.15, 0.2) is 0 Å². The molecule has 0 aliphatic rings. The summed E-state index contributed by atoms with van der Waals surface area (Å²) in [5, 5.41) is 10.9. The first-order valence-electron chi connectivity index (χ1n) is 7.56. The first kappa shape index (κ1) is 18.2. The highest BCUT2D eigenvalue weighted by Gasteiger charge is 2.17.